The summed E-state index contributed by atoms with van der Waals surface area (Å²) >= 11 is 0. The minimum absolute atomic E-state index is 0.152. The molecular weight excluding hydrogens is 438 g/mol. The average molecular weight is 470 g/mol. The summed E-state index contributed by atoms with van der Waals surface area (Å²) in [4.78, 5) is 24.9. The zero-order valence-corrected chi connectivity index (χ0v) is 19.9. The zero-order chi connectivity index (χ0) is 23.6. The van der Waals surface area contributed by atoms with Crippen LogP contribution in [0.4, 0.5) is 0 Å². The Bertz CT molecular complexity index is 1110. The second-order valence-electron chi connectivity index (χ2n) is 9.41. The van der Waals surface area contributed by atoms with Crippen LogP contribution in [0.5, 0.6) is 0 Å². The van der Waals surface area contributed by atoms with Gasteiger partial charge in [0, 0.05) is 25.6 Å². The van der Waals surface area contributed by atoms with Crippen LogP contribution in [0, 0.1) is 24.7 Å². The monoisotopic (exact) mass is 469 g/mol. The number of hydrogen-bond donors (Lipinski definition) is 2. The molecule has 0 radical (unpaired) electrons. The third-order valence-electron chi connectivity index (χ3n) is 7.00. The van der Waals surface area contributed by atoms with Crippen LogP contribution in [0.2, 0.25) is 0 Å². The summed E-state index contributed by atoms with van der Waals surface area (Å²) in [6.45, 7) is 2.08. The Kier molecular flexibility index (Phi) is 6.86. The van der Waals surface area contributed by atoms with Gasteiger partial charge in [0.1, 0.15) is 0 Å². The van der Waals surface area contributed by atoms with Gasteiger partial charge in [0.2, 0.25) is 15.9 Å². The normalized spacial score (nSPS) is 21.8. The maximum atomic E-state index is 12.8. The number of amides is 2. The van der Waals surface area contributed by atoms with E-state index in [0.29, 0.717) is 23.8 Å². The summed E-state index contributed by atoms with van der Waals surface area (Å²) in [7, 11) is -2.08. The molecule has 2 aromatic carbocycles. The standard InChI is InChI=1S/C25H31N3O4S/c1-17-3-11-23(12-4-17)33(31,32)28(2)16-18-5-8-20(9-6-18)25(30)27-26-24(29)15-22-14-19-7-10-21(22)13-19/h3-6,8-9,11-12,19,21-22H,7,10,13-16H2,1-2H3,(H,26,29)(H,27,30)/t19-,21-,22+/m0/s1. The molecule has 0 spiro atoms. The Hall–Kier alpha value is -2.71. The molecule has 2 amide bonds. The molecule has 0 heterocycles. The number of sulfonamides is 1. The lowest BCUT2D eigenvalue weighted by Gasteiger charge is -2.21. The fraction of sp³-hybridized carbons (Fsp3) is 0.440. The van der Waals surface area contributed by atoms with E-state index in [0.717, 1.165) is 23.5 Å². The predicted octanol–water partition coefficient (Wildman–Crippen LogP) is 3.40. The third kappa shape index (κ3) is 5.45. The molecule has 2 aromatic rings. The zero-order valence-electron chi connectivity index (χ0n) is 19.1. The summed E-state index contributed by atoms with van der Waals surface area (Å²) in [6, 6.07) is 13.4. The van der Waals surface area contributed by atoms with Gasteiger partial charge in [0.05, 0.1) is 4.90 Å². The molecule has 7 nitrogen and oxygen atoms in total. The minimum atomic E-state index is -3.61. The number of fused-ring (bicyclic) bond motifs is 2. The van der Waals surface area contributed by atoms with Crippen LogP contribution in [0.25, 0.3) is 0 Å². The molecule has 0 unspecified atom stereocenters. The molecule has 0 aromatic heterocycles. The first-order valence-electron chi connectivity index (χ1n) is 11.4. The summed E-state index contributed by atoms with van der Waals surface area (Å²) in [5.41, 5.74) is 7.15. The molecule has 0 aliphatic heterocycles. The topological polar surface area (TPSA) is 95.6 Å². The molecule has 2 aliphatic rings. The van der Waals surface area contributed by atoms with E-state index in [9.17, 15) is 18.0 Å². The maximum Gasteiger partial charge on any atom is 0.269 e. The first-order valence-corrected chi connectivity index (χ1v) is 12.9. The van der Waals surface area contributed by atoms with Gasteiger partial charge in [-0.15, -0.1) is 0 Å². The van der Waals surface area contributed by atoms with Gasteiger partial charge < -0.3 is 0 Å². The highest BCUT2D eigenvalue weighted by atomic mass is 32.2. The smallest absolute Gasteiger partial charge is 0.269 e. The SMILES string of the molecule is Cc1ccc(S(=O)(=O)N(C)Cc2ccc(C(=O)NNC(=O)C[C@H]3C[C@H]4CC[C@H]3C4)cc2)cc1. The van der Waals surface area contributed by atoms with Crippen LogP contribution >= 0.6 is 0 Å². The van der Waals surface area contributed by atoms with Crippen molar-refractivity contribution in [3.63, 3.8) is 0 Å². The van der Waals surface area contributed by atoms with Crippen molar-refractivity contribution in [2.45, 2.75) is 50.5 Å². The summed E-state index contributed by atoms with van der Waals surface area (Å²) in [6.07, 6.45) is 5.36. The van der Waals surface area contributed by atoms with Crippen LogP contribution in [0.1, 0.15) is 53.6 Å². The number of carbonyl (C=O) groups is 2. The van der Waals surface area contributed by atoms with Gasteiger partial charge in [-0.05, 0) is 73.8 Å². The van der Waals surface area contributed by atoms with E-state index >= 15 is 0 Å². The van der Waals surface area contributed by atoms with Gasteiger partial charge in [-0.2, -0.15) is 4.31 Å². The minimum Gasteiger partial charge on any atom is -0.273 e. The Morgan fingerprint density at radius 3 is 2.27 bits per heavy atom. The van der Waals surface area contributed by atoms with Gasteiger partial charge in [-0.3, -0.25) is 20.4 Å². The molecule has 2 saturated carbocycles. The van der Waals surface area contributed by atoms with Crippen LogP contribution in [-0.2, 0) is 21.4 Å². The van der Waals surface area contributed by atoms with Crippen molar-refractivity contribution in [2.75, 3.05) is 7.05 Å². The van der Waals surface area contributed by atoms with Gasteiger partial charge in [-0.25, -0.2) is 8.42 Å². The largest absolute Gasteiger partial charge is 0.273 e. The average Bonchev–Trinajstić information content (AvgIpc) is 3.41. The number of carbonyl (C=O) groups excluding carboxylic acids is 2. The highest BCUT2D eigenvalue weighted by Gasteiger charge is 2.40. The predicted molar refractivity (Wildman–Crippen MR) is 125 cm³/mol. The van der Waals surface area contributed by atoms with E-state index in [2.05, 4.69) is 10.9 Å². The molecule has 3 atom stereocenters. The van der Waals surface area contributed by atoms with Crippen molar-refractivity contribution in [1.29, 1.82) is 0 Å². The fourth-order valence-electron chi connectivity index (χ4n) is 5.11. The van der Waals surface area contributed by atoms with E-state index in [1.165, 1.54) is 30.6 Å². The van der Waals surface area contributed by atoms with Crippen molar-refractivity contribution < 1.29 is 18.0 Å². The van der Waals surface area contributed by atoms with E-state index in [1.807, 2.05) is 6.92 Å². The molecule has 4 rings (SSSR count). The lowest BCUT2D eigenvalue weighted by atomic mass is 9.86. The molecule has 2 aliphatic carbocycles. The summed E-state index contributed by atoms with van der Waals surface area (Å²) in [5.74, 6) is 1.33. The highest BCUT2D eigenvalue weighted by molar-refractivity contribution is 7.89. The number of aryl methyl sites for hydroxylation is 1. The van der Waals surface area contributed by atoms with Crippen LogP contribution in [0.3, 0.4) is 0 Å². The first-order chi connectivity index (χ1) is 15.7. The van der Waals surface area contributed by atoms with Crippen LogP contribution in [-0.4, -0.2) is 31.6 Å². The third-order valence-corrected chi connectivity index (χ3v) is 8.82. The van der Waals surface area contributed by atoms with Gasteiger partial charge in [0.25, 0.3) is 5.91 Å². The number of rotatable bonds is 7. The molecule has 33 heavy (non-hydrogen) atoms. The quantitative estimate of drug-likeness (QED) is 0.608. The second kappa shape index (κ2) is 9.65. The van der Waals surface area contributed by atoms with Crippen molar-refractivity contribution >= 4 is 21.8 Å². The number of hydrogen-bond acceptors (Lipinski definition) is 4. The van der Waals surface area contributed by atoms with Crippen LogP contribution < -0.4 is 10.9 Å². The van der Waals surface area contributed by atoms with Crippen molar-refractivity contribution in [3.05, 3.63) is 65.2 Å². The molecule has 2 N–H and O–H groups in total. The summed E-state index contributed by atoms with van der Waals surface area (Å²) < 4.78 is 26.8. The number of hydrazine groups is 1. The van der Waals surface area contributed by atoms with Gasteiger partial charge >= 0.3 is 0 Å². The van der Waals surface area contributed by atoms with E-state index in [-0.39, 0.29) is 17.3 Å². The van der Waals surface area contributed by atoms with Crippen molar-refractivity contribution in [1.82, 2.24) is 15.2 Å². The van der Waals surface area contributed by atoms with Crippen molar-refractivity contribution in [3.8, 4) is 0 Å². The summed E-state index contributed by atoms with van der Waals surface area (Å²) in [5, 5.41) is 0. The Balaban J connectivity index is 1.28. The second-order valence-corrected chi connectivity index (χ2v) is 11.5. The molecule has 2 fully saturated rings. The van der Waals surface area contributed by atoms with E-state index < -0.39 is 15.9 Å². The number of nitrogens with zero attached hydrogens (tertiary/aromatic N) is 1. The lowest BCUT2D eigenvalue weighted by Crippen LogP contribution is -2.42. The number of nitrogens with one attached hydrogen (secondary N) is 2. The van der Waals surface area contributed by atoms with E-state index in [1.54, 1.807) is 48.5 Å². The van der Waals surface area contributed by atoms with Gasteiger partial charge in [-0.1, -0.05) is 36.2 Å². The molecule has 2 bridgehead atoms. The Morgan fingerprint density at radius 1 is 0.970 bits per heavy atom. The Morgan fingerprint density at radius 2 is 1.67 bits per heavy atom. The molecular formula is C25H31N3O4S. The first kappa shape index (κ1) is 23.4. The van der Waals surface area contributed by atoms with Gasteiger partial charge in [0.15, 0.2) is 0 Å². The molecule has 0 saturated heterocycles. The van der Waals surface area contributed by atoms with Crippen molar-refractivity contribution in [2.24, 2.45) is 17.8 Å². The van der Waals surface area contributed by atoms with E-state index in [4.69, 9.17) is 0 Å². The Labute approximate surface area is 195 Å². The fourth-order valence-corrected chi connectivity index (χ4v) is 6.27. The van der Waals surface area contributed by atoms with Crippen LogP contribution in [0.15, 0.2) is 53.4 Å². The maximum absolute atomic E-state index is 12.8. The highest BCUT2D eigenvalue weighted by Crippen LogP contribution is 2.49. The molecule has 176 valence electrons. The lowest BCUT2D eigenvalue weighted by molar-refractivity contribution is -0.123. The number of benzene rings is 2. The molecule has 8 heteroatoms.